The molecule has 1 atom stereocenters. The molecule has 6 heteroatoms. The topological polar surface area (TPSA) is 73.6 Å². The molecule has 0 saturated heterocycles. The van der Waals surface area contributed by atoms with Crippen LogP contribution in [0, 0.1) is 5.82 Å². The molecule has 5 nitrogen and oxygen atoms in total. The number of nitrogens with zero attached hydrogens (tertiary/aromatic N) is 1. The van der Waals surface area contributed by atoms with Crippen molar-refractivity contribution in [2.24, 2.45) is 0 Å². The van der Waals surface area contributed by atoms with E-state index in [0.717, 1.165) is 16.5 Å². The molecular weight excluding hydrogens is 379 g/mol. The Bertz CT molecular complexity index is 1210. The third-order valence-electron chi connectivity index (χ3n) is 5.28. The molecule has 4 rings (SSSR count). The highest BCUT2D eigenvalue weighted by molar-refractivity contribution is 5.83. The van der Waals surface area contributed by atoms with Crippen LogP contribution in [-0.4, -0.2) is 15.0 Å². The van der Waals surface area contributed by atoms with E-state index >= 15 is 0 Å². The van der Waals surface area contributed by atoms with Crippen LogP contribution in [0.2, 0.25) is 0 Å². The first-order chi connectivity index (χ1) is 14.5. The molecule has 154 valence electrons. The minimum atomic E-state index is -0.252. The molecule has 0 radical (unpaired) electrons. The van der Waals surface area contributed by atoms with E-state index in [0.29, 0.717) is 30.0 Å². The lowest BCUT2D eigenvalue weighted by molar-refractivity contribution is 0.500. The molecule has 2 aromatic heterocycles. The normalized spacial score (nSPS) is 12.5. The largest absolute Gasteiger partial charge is 0.361 e. The molecule has 0 aliphatic heterocycles. The van der Waals surface area contributed by atoms with Crippen LogP contribution in [0.3, 0.4) is 0 Å². The Kier molecular flexibility index (Phi) is 5.77. The molecule has 0 aliphatic carbocycles. The van der Waals surface area contributed by atoms with Crippen LogP contribution in [0.1, 0.15) is 48.5 Å². The van der Waals surface area contributed by atoms with Gasteiger partial charge in [-0.05, 0) is 24.1 Å². The summed E-state index contributed by atoms with van der Waals surface area (Å²) >= 11 is 0. The quantitative estimate of drug-likeness (QED) is 0.422. The van der Waals surface area contributed by atoms with Gasteiger partial charge < -0.3 is 15.3 Å². The van der Waals surface area contributed by atoms with Gasteiger partial charge in [-0.3, -0.25) is 4.79 Å². The first kappa shape index (κ1) is 20.0. The zero-order valence-electron chi connectivity index (χ0n) is 17.1. The highest BCUT2D eigenvalue weighted by Gasteiger charge is 2.19. The van der Waals surface area contributed by atoms with Crippen LogP contribution in [0.5, 0.6) is 0 Å². The van der Waals surface area contributed by atoms with Crippen molar-refractivity contribution < 1.29 is 4.39 Å². The van der Waals surface area contributed by atoms with E-state index in [9.17, 15) is 9.18 Å². The fraction of sp³-hybridized carbons (Fsp3) is 0.250. The Morgan fingerprint density at radius 3 is 2.63 bits per heavy atom. The third kappa shape index (κ3) is 4.33. The minimum absolute atomic E-state index is 0.0953. The van der Waals surface area contributed by atoms with Crippen molar-refractivity contribution in [1.82, 2.24) is 20.3 Å². The molecule has 2 aromatic carbocycles. The van der Waals surface area contributed by atoms with Crippen molar-refractivity contribution in [3.05, 3.63) is 99.6 Å². The smallest absolute Gasteiger partial charge is 0.251 e. The number of aromatic nitrogens is 3. The molecule has 30 heavy (non-hydrogen) atoms. The van der Waals surface area contributed by atoms with Crippen molar-refractivity contribution in [3.8, 4) is 0 Å². The highest BCUT2D eigenvalue weighted by Crippen LogP contribution is 2.24. The second kappa shape index (κ2) is 8.63. The Balaban J connectivity index is 1.69. The number of H-pyrrole nitrogens is 2. The summed E-state index contributed by atoms with van der Waals surface area (Å²) < 4.78 is 14.1. The molecule has 0 bridgehead atoms. The van der Waals surface area contributed by atoms with Crippen LogP contribution in [-0.2, 0) is 13.0 Å². The lowest BCUT2D eigenvalue weighted by Gasteiger charge is -2.19. The van der Waals surface area contributed by atoms with E-state index in [1.54, 1.807) is 12.1 Å². The maximum atomic E-state index is 14.1. The lowest BCUT2D eigenvalue weighted by atomic mass is 10.0. The Labute approximate surface area is 174 Å². The first-order valence-electron chi connectivity index (χ1n) is 10.1. The summed E-state index contributed by atoms with van der Waals surface area (Å²) in [6.07, 6.45) is 2.60. The predicted octanol–water partition coefficient (Wildman–Crippen LogP) is 4.59. The molecule has 0 aliphatic rings. The summed E-state index contributed by atoms with van der Waals surface area (Å²) in [5.41, 5.74) is 3.23. The van der Waals surface area contributed by atoms with Gasteiger partial charge in [0.05, 0.1) is 11.7 Å². The van der Waals surface area contributed by atoms with Crippen molar-refractivity contribution >= 4 is 10.9 Å². The van der Waals surface area contributed by atoms with Gasteiger partial charge in [-0.1, -0.05) is 50.2 Å². The van der Waals surface area contributed by atoms with Crippen LogP contribution in [0.4, 0.5) is 4.39 Å². The summed E-state index contributed by atoms with van der Waals surface area (Å²) in [5.74, 6) is 0.490. The number of hydrogen-bond acceptors (Lipinski definition) is 3. The van der Waals surface area contributed by atoms with E-state index < -0.39 is 0 Å². The van der Waals surface area contributed by atoms with Crippen LogP contribution >= 0.6 is 0 Å². The molecule has 2 heterocycles. The van der Waals surface area contributed by atoms with Gasteiger partial charge in [-0.2, -0.15) is 0 Å². The molecule has 0 saturated carbocycles. The van der Waals surface area contributed by atoms with Gasteiger partial charge in [0.1, 0.15) is 11.6 Å². The number of benzene rings is 2. The highest BCUT2D eigenvalue weighted by atomic mass is 19.1. The number of rotatable bonds is 7. The first-order valence-corrected chi connectivity index (χ1v) is 10.1. The SMILES string of the molecule is CC(C)c1nc([C@@H](Cc2c[nH]c3ccccc23)NCc2ccccc2F)cc(=O)[nH]1. The fourth-order valence-corrected chi connectivity index (χ4v) is 3.62. The number of hydrogen-bond donors (Lipinski definition) is 3. The fourth-order valence-electron chi connectivity index (χ4n) is 3.62. The van der Waals surface area contributed by atoms with Gasteiger partial charge in [0.15, 0.2) is 0 Å². The summed E-state index contributed by atoms with van der Waals surface area (Å²) in [4.78, 5) is 23.1. The second-order valence-corrected chi connectivity index (χ2v) is 7.80. The van der Waals surface area contributed by atoms with Crippen LogP contribution in [0.25, 0.3) is 10.9 Å². The van der Waals surface area contributed by atoms with E-state index in [1.165, 1.54) is 12.1 Å². The summed E-state index contributed by atoms with van der Waals surface area (Å²) in [7, 11) is 0. The van der Waals surface area contributed by atoms with Gasteiger partial charge in [-0.25, -0.2) is 9.37 Å². The van der Waals surface area contributed by atoms with E-state index in [2.05, 4.69) is 21.4 Å². The van der Waals surface area contributed by atoms with E-state index in [1.807, 2.05) is 44.3 Å². The summed E-state index contributed by atoms with van der Waals surface area (Å²) in [6.45, 7) is 4.32. The van der Waals surface area contributed by atoms with Crippen molar-refractivity contribution in [2.75, 3.05) is 0 Å². The van der Waals surface area contributed by atoms with Crippen molar-refractivity contribution in [3.63, 3.8) is 0 Å². The van der Waals surface area contributed by atoms with Crippen molar-refractivity contribution in [2.45, 2.75) is 38.8 Å². The molecule has 0 amide bonds. The zero-order valence-corrected chi connectivity index (χ0v) is 17.1. The standard InChI is InChI=1S/C24H25FN4O/c1-15(2)24-28-22(12-23(30)29-24)21(27-13-16-7-3-5-9-19(16)25)11-17-14-26-20-10-6-4-8-18(17)20/h3-10,12,14-15,21,26-27H,11,13H2,1-2H3,(H,28,29,30)/t21-/m1/s1. The molecule has 0 fully saturated rings. The van der Waals surface area contributed by atoms with Gasteiger partial charge in [0, 0.05) is 41.2 Å². The number of nitrogens with one attached hydrogen (secondary N) is 3. The predicted molar refractivity (Wildman–Crippen MR) is 117 cm³/mol. The lowest BCUT2D eigenvalue weighted by Crippen LogP contribution is -2.27. The number of halogens is 1. The van der Waals surface area contributed by atoms with Crippen molar-refractivity contribution in [1.29, 1.82) is 0 Å². The van der Waals surface area contributed by atoms with Crippen LogP contribution in [0.15, 0.2) is 65.6 Å². The number of aromatic amines is 2. The average molecular weight is 404 g/mol. The Hall–Kier alpha value is -3.25. The zero-order chi connectivity index (χ0) is 21.1. The molecule has 0 spiro atoms. The summed E-state index contributed by atoms with van der Waals surface area (Å²) in [5, 5.41) is 4.55. The maximum Gasteiger partial charge on any atom is 0.251 e. The molecule has 0 unspecified atom stereocenters. The Morgan fingerprint density at radius 1 is 1.07 bits per heavy atom. The van der Waals surface area contributed by atoms with Gasteiger partial charge in [-0.15, -0.1) is 0 Å². The van der Waals surface area contributed by atoms with Gasteiger partial charge in [0.2, 0.25) is 0 Å². The number of para-hydroxylation sites is 1. The van der Waals surface area contributed by atoms with Gasteiger partial charge in [0.25, 0.3) is 5.56 Å². The Morgan fingerprint density at radius 2 is 1.83 bits per heavy atom. The van der Waals surface area contributed by atoms with E-state index in [-0.39, 0.29) is 23.3 Å². The van der Waals surface area contributed by atoms with E-state index in [4.69, 9.17) is 4.98 Å². The maximum absolute atomic E-state index is 14.1. The summed E-state index contributed by atoms with van der Waals surface area (Å²) in [6, 6.07) is 16.1. The molecular formula is C24H25FN4O. The minimum Gasteiger partial charge on any atom is -0.361 e. The molecule has 3 N–H and O–H groups in total. The van der Waals surface area contributed by atoms with Gasteiger partial charge >= 0.3 is 0 Å². The monoisotopic (exact) mass is 404 g/mol. The third-order valence-corrected chi connectivity index (χ3v) is 5.28. The molecule has 4 aromatic rings. The second-order valence-electron chi connectivity index (χ2n) is 7.80. The number of fused-ring (bicyclic) bond motifs is 1. The average Bonchev–Trinajstić information content (AvgIpc) is 3.14. The van der Waals surface area contributed by atoms with Crippen LogP contribution < -0.4 is 10.9 Å².